The van der Waals surface area contributed by atoms with Crippen LogP contribution in [0.5, 0.6) is 11.5 Å². The average Bonchev–Trinajstić information content (AvgIpc) is 2.87. The van der Waals surface area contributed by atoms with Gasteiger partial charge in [-0.25, -0.2) is 0 Å². The van der Waals surface area contributed by atoms with Crippen LogP contribution in [0.3, 0.4) is 0 Å². The highest BCUT2D eigenvalue weighted by Crippen LogP contribution is 2.32. The standard InChI is InChI=1S/C28H22Br2Cl2N2O4/c1-15(37-25-11-9-17(31)13-21(25)29)27(35)33-23-7-3-6-20-19(23)5-4-8-24(20)34-28(36)16(2)38-26-12-10-18(32)14-22(26)30/h3-16H,1-2H3,(H,33,35)(H,34,36). The van der Waals surface area contributed by atoms with Gasteiger partial charge >= 0.3 is 0 Å². The van der Waals surface area contributed by atoms with Crippen molar-refractivity contribution in [1.82, 2.24) is 0 Å². The SMILES string of the molecule is CC(Oc1ccc(Cl)cc1Br)C(=O)Nc1cccc2c(NC(=O)C(C)Oc3ccc(Cl)cc3Br)cccc12. The van der Waals surface area contributed by atoms with Gasteiger partial charge in [0.2, 0.25) is 0 Å². The zero-order valence-electron chi connectivity index (χ0n) is 20.2. The van der Waals surface area contributed by atoms with E-state index in [1.807, 2.05) is 12.1 Å². The van der Waals surface area contributed by atoms with E-state index in [1.165, 1.54) is 0 Å². The first-order valence-electron chi connectivity index (χ1n) is 11.5. The van der Waals surface area contributed by atoms with Crippen LogP contribution in [0.15, 0.2) is 81.7 Å². The fraction of sp³-hybridized carbons (Fsp3) is 0.143. The van der Waals surface area contributed by atoms with Crippen molar-refractivity contribution in [2.75, 3.05) is 10.6 Å². The zero-order chi connectivity index (χ0) is 27.4. The van der Waals surface area contributed by atoms with E-state index in [-0.39, 0.29) is 11.8 Å². The number of hydrogen-bond acceptors (Lipinski definition) is 4. The van der Waals surface area contributed by atoms with Gasteiger partial charge in [0.25, 0.3) is 11.8 Å². The Morgan fingerprint density at radius 3 is 1.45 bits per heavy atom. The van der Waals surface area contributed by atoms with E-state index in [0.717, 1.165) is 10.8 Å². The van der Waals surface area contributed by atoms with Gasteiger partial charge in [-0.05, 0) is 94.2 Å². The molecule has 0 aliphatic carbocycles. The molecule has 4 aromatic carbocycles. The molecular formula is C28H22Br2Cl2N2O4. The molecule has 0 bridgehead atoms. The minimum atomic E-state index is -0.782. The zero-order valence-corrected chi connectivity index (χ0v) is 24.9. The summed E-state index contributed by atoms with van der Waals surface area (Å²) < 4.78 is 12.9. The van der Waals surface area contributed by atoms with E-state index in [0.29, 0.717) is 41.9 Å². The van der Waals surface area contributed by atoms with Gasteiger partial charge in [-0.3, -0.25) is 9.59 Å². The lowest BCUT2D eigenvalue weighted by atomic mass is 10.1. The summed E-state index contributed by atoms with van der Waals surface area (Å²) in [5, 5.41) is 8.47. The Hall–Kier alpha value is -2.78. The number of nitrogens with one attached hydrogen (secondary N) is 2. The van der Waals surface area contributed by atoms with Gasteiger partial charge in [-0.1, -0.05) is 47.5 Å². The monoisotopic (exact) mass is 678 g/mol. The number of hydrogen-bond donors (Lipinski definition) is 2. The van der Waals surface area contributed by atoms with Crippen LogP contribution in [0, 0.1) is 0 Å². The Bertz CT molecular complexity index is 1400. The van der Waals surface area contributed by atoms with Gasteiger partial charge in [0, 0.05) is 32.2 Å². The van der Waals surface area contributed by atoms with E-state index in [9.17, 15) is 9.59 Å². The third-order valence-corrected chi connectivity index (χ3v) is 7.28. The number of ether oxygens (including phenoxy) is 2. The number of carbonyl (C=O) groups excluding carboxylic acids is 2. The molecule has 0 spiro atoms. The molecule has 0 aliphatic heterocycles. The molecule has 0 saturated heterocycles. The molecule has 6 nitrogen and oxygen atoms in total. The van der Waals surface area contributed by atoms with Crippen LogP contribution in [-0.2, 0) is 9.59 Å². The molecule has 2 atom stereocenters. The van der Waals surface area contributed by atoms with Crippen molar-refractivity contribution in [1.29, 1.82) is 0 Å². The molecular weight excluding hydrogens is 659 g/mol. The van der Waals surface area contributed by atoms with Gasteiger partial charge in [0.05, 0.1) is 8.95 Å². The van der Waals surface area contributed by atoms with Crippen LogP contribution >= 0.6 is 55.1 Å². The number of anilines is 2. The Balaban J connectivity index is 1.48. The number of carbonyl (C=O) groups is 2. The lowest BCUT2D eigenvalue weighted by Gasteiger charge is -2.18. The maximum absolute atomic E-state index is 12.9. The summed E-state index contributed by atoms with van der Waals surface area (Å²) in [6.07, 6.45) is -1.56. The average molecular weight is 681 g/mol. The van der Waals surface area contributed by atoms with Crippen LogP contribution < -0.4 is 20.1 Å². The second-order valence-corrected chi connectivity index (χ2v) is 10.9. The molecule has 2 unspecified atom stereocenters. The van der Waals surface area contributed by atoms with Crippen LogP contribution in [0.1, 0.15) is 13.8 Å². The number of halogens is 4. The summed E-state index contributed by atoms with van der Waals surface area (Å²) >= 11 is 18.8. The minimum Gasteiger partial charge on any atom is -0.480 e. The van der Waals surface area contributed by atoms with Crippen LogP contribution in [0.25, 0.3) is 10.8 Å². The summed E-state index contributed by atoms with van der Waals surface area (Å²) in [4.78, 5) is 25.9. The fourth-order valence-electron chi connectivity index (χ4n) is 3.63. The molecule has 10 heteroatoms. The molecule has 0 radical (unpaired) electrons. The molecule has 38 heavy (non-hydrogen) atoms. The van der Waals surface area contributed by atoms with Crippen LogP contribution in [0.2, 0.25) is 10.0 Å². The number of benzene rings is 4. The highest BCUT2D eigenvalue weighted by molar-refractivity contribution is 9.11. The van der Waals surface area contributed by atoms with Gasteiger partial charge in [0.1, 0.15) is 11.5 Å². The Kier molecular flexibility index (Phi) is 9.20. The summed E-state index contributed by atoms with van der Waals surface area (Å²) in [7, 11) is 0. The van der Waals surface area contributed by atoms with Gasteiger partial charge < -0.3 is 20.1 Å². The molecule has 4 aromatic rings. The number of amides is 2. The van der Waals surface area contributed by atoms with Gasteiger partial charge in [-0.2, -0.15) is 0 Å². The second kappa shape index (κ2) is 12.4. The van der Waals surface area contributed by atoms with Crippen molar-refractivity contribution < 1.29 is 19.1 Å². The second-order valence-electron chi connectivity index (χ2n) is 8.35. The minimum absolute atomic E-state index is 0.329. The summed E-state index contributed by atoms with van der Waals surface area (Å²) in [5.41, 5.74) is 1.17. The van der Waals surface area contributed by atoms with E-state index in [1.54, 1.807) is 74.5 Å². The molecule has 0 aromatic heterocycles. The highest BCUT2D eigenvalue weighted by Gasteiger charge is 2.20. The van der Waals surface area contributed by atoms with E-state index >= 15 is 0 Å². The van der Waals surface area contributed by atoms with E-state index in [4.69, 9.17) is 32.7 Å². The molecule has 0 aliphatic rings. The third kappa shape index (κ3) is 6.80. The van der Waals surface area contributed by atoms with Crippen molar-refractivity contribution in [3.8, 4) is 11.5 Å². The van der Waals surface area contributed by atoms with E-state index in [2.05, 4.69) is 42.5 Å². The van der Waals surface area contributed by atoms with Crippen LogP contribution in [0.4, 0.5) is 11.4 Å². The maximum atomic E-state index is 12.9. The van der Waals surface area contributed by atoms with Gasteiger partial charge in [-0.15, -0.1) is 0 Å². The van der Waals surface area contributed by atoms with Gasteiger partial charge in [0.15, 0.2) is 12.2 Å². The summed E-state index contributed by atoms with van der Waals surface area (Å²) in [6.45, 7) is 3.32. The lowest BCUT2D eigenvalue weighted by Crippen LogP contribution is -2.30. The lowest BCUT2D eigenvalue weighted by molar-refractivity contribution is -0.122. The fourth-order valence-corrected chi connectivity index (χ4v) is 5.18. The van der Waals surface area contributed by atoms with Crippen molar-refractivity contribution in [2.45, 2.75) is 26.1 Å². The summed E-state index contributed by atoms with van der Waals surface area (Å²) in [5.74, 6) is 0.345. The predicted octanol–water partition coefficient (Wildman–Crippen LogP) is 8.48. The summed E-state index contributed by atoms with van der Waals surface area (Å²) in [6, 6.07) is 21.1. The Morgan fingerprint density at radius 2 is 1.08 bits per heavy atom. The van der Waals surface area contributed by atoms with Crippen molar-refractivity contribution in [3.05, 3.63) is 91.8 Å². The first-order valence-corrected chi connectivity index (χ1v) is 13.8. The van der Waals surface area contributed by atoms with Crippen LogP contribution in [-0.4, -0.2) is 24.0 Å². The molecule has 2 amide bonds. The molecule has 0 saturated carbocycles. The smallest absolute Gasteiger partial charge is 0.265 e. The number of rotatable bonds is 8. The molecule has 0 fully saturated rings. The van der Waals surface area contributed by atoms with Crippen molar-refractivity contribution >= 4 is 89.0 Å². The first-order chi connectivity index (χ1) is 18.1. The third-order valence-electron chi connectivity index (χ3n) is 5.57. The van der Waals surface area contributed by atoms with E-state index < -0.39 is 12.2 Å². The molecule has 4 rings (SSSR count). The topological polar surface area (TPSA) is 76.7 Å². The molecule has 0 heterocycles. The number of fused-ring (bicyclic) bond motifs is 1. The first kappa shape index (κ1) is 28.2. The maximum Gasteiger partial charge on any atom is 0.265 e. The van der Waals surface area contributed by atoms with Crippen molar-refractivity contribution in [2.24, 2.45) is 0 Å². The molecule has 2 N–H and O–H groups in total. The normalized spacial score (nSPS) is 12.5. The highest BCUT2D eigenvalue weighted by atomic mass is 79.9. The predicted molar refractivity (Wildman–Crippen MR) is 160 cm³/mol. The quantitative estimate of drug-likeness (QED) is 0.196. The van der Waals surface area contributed by atoms with Crippen molar-refractivity contribution in [3.63, 3.8) is 0 Å². The Morgan fingerprint density at radius 1 is 0.684 bits per heavy atom. The molecule has 196 valence electrons. The largest absolute Gasteiger partial charge is 0.480 e. The Labute approximate surface area is 246 Å².